The average molecular weight is 676 g/mol. The molecule has 3 aromatic rings. The quantitative estimate of drug-likeness (QED) is 0.296. The van der Waals surface area contributed by atoms with Gasteiger partial charge in [-0.3, -0.25) is 20.0 Å². The number of aliphatic imine (C=N–C) groups is 2. The van der Waals surface area contributed by atoms with Gasteiger partial charge in [0.1, 0.15) is 0 Å². The summed E-state index contributed by atoms with van der Waals surface area (Å²) in [4.78, 5) is 25.9. The largest absolute Gasteiger partial charge is 0.379 e. The molecule has 0 amide bonds. The highest BCUT2D eigenvalue weighted by atomic mass is 16.5. The lowest BCUT2D eigenvalue weighted by Gasteiger charge is -2.27. The number of morpholine rings is 1. The van der Waals surface area contributed by atoms with Gasteiger partial charge in [-0.05, 0) is 75.5 Å². The first-order valence-corrected chi connectivity index (χ1v) is 17.8. The average Bonchev–Trinajstić information content (AvgIpc) is 3.77. The summed E-state index contributed by atoms with van der Waals surface area (Å²) in [6, 6.07) is 13.7. The summed E-state index contributed by atoms with van der Waals surface area (Å²) >= 11 is 0. The zero-order valence-corrected chi connectivity index (χ0v) is 30.2. The molecular weight excluding hydrogens is 610 g/mol. The van der Waals surface area contributed by atoms with Crippen molar-refractivity contribution < 1.29 is 4.74 Å². The molecule has 0 radical (unpaired) electrons. The SMILES string of the molecule is C.C1CCC2=NCCCN2CC1.C1CN=C2CCCN2C1.CN(C)c1ccncc1.CN1CCOCC1.Cn1cccc1.c1ccncc1. The number of pyridine rings is 2. The van der Waals surface area contributed by atoms with Crippen LogP contribution in [0.1, 0.15) is 58.8 Å². The minimum Gasteiger partial charge on any atom is -0.379 e. The topological polar surface area (TPSA) is 77.6 Å². The molecule has 5 aliphatic heterocycles. The molecule has 0 spiro atoms. The number of aryl methyl sites for hydroxylation is 1. The van der Waals surface area contributed by atoms with Gasteiger partial charge < -0.3 is 28.9 Å². The Hall–Kier alpha value is -3.76. The van der Waals surface area contributed by atoms with Gasteiger partial charge in [-0.25, -0.2) is 0 Å². The van der Waals surface area contributed by atoms with Crippen LogP contribution in [0.2, 0.25) is 0 Å². The molecular formula is C39H65N9O. The van der Waals surface area contributed by atoms with E-state index in [0.29, 0.717) is 0 Å². The Morgan fingerprint density at radius 2 is 1.12 bits per heavy atom. The number of nitrogens with zero attached hydrogens (tertiary/aromatic N) is 9. The van der Waals surface area contributed by atoms with Crippen LogP contribution in [0, 0.1) is 0 Å². The van der Waals surface area contributed by atoms with Gasteiger partial charge in [0.25, 0.3) is 0 Å². The molecule has 49 heavy (non-hydrogen) atoms. The number of hydrogen-bond donors (Lipinski definition) is 0. The van der Waals surface area contributed by atoms with Crippen molar-refractivity contribution in [3.63, 3.8) is 0 Å². The molecule has 5 aliphatic rings. The number of likely N-dealkylation sites (N-methyl/N-ethyl adjacent to an activating group) is 1. The monoisotopic (exact) mass is 676 g/mol. The second-order valence-electron chi connectivity index (χ2n) is 12.6. The number of rotatable bonds is 1. The lowest BCUT2D eigenvalue weighted by atomic mass is 10.2. The molecule has 0 bridgehead atoms. The van der Waals surface area contributed by atoms with E-state index in [2.05, 4.69) is 41.7 Å². The van der Waals surface area contributed by atoms with Crippen molar-refractivity contribution in [2.75, 3.05) is 91.6 Å². The van der Waals surface area contributed by atoms with Crippen LogP contribution < -0.4 is 4.90 Å². The third-order valence-electron chi connectivity index (χ3n) is 8.38. The van der Waals surface area contributed by atoms with E-state index in [9.17, 15) is 0 Å². The Bertz CT molecular complexity index is 1200. The lowest BCUT2D eigenvalue weighted by Crippen LogP contribution is -2.34. The van der Waals surface area contributed by atoms with E-state index in [1.165, 1.54) is 94.9 Å². The maximum atomic E-state index is 5.10. The molecule has 0 saturated carbocycles. The Kier molecular flexibility index (Phi) is 22.1. The molecule has 0 aromatic carbocycles. The van der Waals surface area contributed by atoms with Gasteiger partial charge in [-0.1, -0.05) is 19.9 Å². The summed E-state index contributed by atoms with van der Waals surface area (Å²) in [7, 11) is 8.13. The van der Waals surface area contributed by atoms with Gasteiger partial charge in [0.15, 0.2) is 0 Å². The maximum Gasteiger partial charge on any atom is 0.0989 e. The molecule has 3 fully saturated rings. The molecule has 3 saturated heterocycles. The molecule has 272 valence electrons. The van der Waals surface area contributed by atoms with Crippen LogP contribution in [0.3, 0.4) is 0 Å². The van der Waals surface area contributed by atoms with E-state index in [0.717, 1.165) is 39.4 Å². The molecule has 10 heteroatoms. The van der Waals surface area contributed by atoms with Crippen LogP contribution >= 0.6 is 0 Å². The minimum absolute atomic E-state index is 0. The van der Waals surface area contributed by atoms with Crippen molar-refractivity contribution in [1.29, 1.82) is 0 Å². The second kappa shape index (κ2) is 26.2. The highest BCUT2D eigenvalue weighted by Gasteiger charge is 2.19. The Balaban J connectivity index is 0.000000206. The number of anilines is 1. The standard InChI is InChI=1S/C9H16N2.C7H12N2.C7H10N2.C5H11NO.C5H7N.C5H5N.CH4/c1-2-5-9-10-6-4-8-11(9)7-3-1;1-3-7-8-4-2-6-9(7)5-1;1-9(2)7-3-5-8-6-4-7;1-6-2-4-7-5-3-6;1-6-4-2-3-5-6;1-2-4-6-5-3-1;/h1-8H2;1-6H2;3-6H,1-2H3;2-5H2,1H3;2-5H,1H3;1-5H;1H4. The minimum atomic E-state index is 0. The first-order chi connectivity index (χ1) is 23.5. The van der Waals surface area contributed by atoms with Crippen molar-refractivity contribution in [2.24, 2.45) is 17.0 Å². The van der Waals surface area contributed by atoms with Crippen LogP contribution in [-0.4, -0.2) is 128 Å². The first-order valence-electron chi connectivity index (χ1n) is 17.8. The second-order valence-corrected chi connectivity index (χ2v) is 12.6. The van der Waals surface area contributed by atoms with Crippen LogP contribution in [-0.2, 0) is 11.8 Å². The van der Waals surface area contributed by atoms with Gasteiger partial charge in [0, 0.05) is 129 Å². The van der Waals surface area contributed by atoms with E-state index >= 15 is 0 Å². The summed E-state index contributed by atoms with van der Waals surface area (Å²) in [6.45, 7) is 11.2. The summed E-state index contributed by atoms with van der Waals surface area (Å²) in [5, 5.41) is 0. The number of amidine groups is 2. The van der Waals surface area contributed by atoms with Crippen molar-refractivity contribution in [3.05, 3.63) is 79.6 Å². The highest BCUT2D eigenvalue weighted by molar-refractivity contribution is 5.84. The molecule has 0 unspecified atom stereocenters. The smallest absolute Gasteiger partial charge is 0.0989 e. The molecule has 0 aliphatic carbocycles. The van der Waals surface area contributed by atoms with E-state index in [4.69, 9.17) is 4.74 Å². The summed E-state index contributed by atoms with van der Waals surface area (Å²) in [5.41, 5.74) is 1.19. The van der Waals surface area contributed by atoms with Gasteiger partial charge in [-0.2, -0.15) is 0 Å². The van der Waals surface area contributed by atoms with Crippen molar-refractivity contribution >= 4 is 17.4 Å². The van der Waals surface area contributed by atoms with Crippen LogP contribution in [0.5, 0.6) is 0 Å². The predicted octanol–water partition coefficient (Wildman–Crippen LogP) is 6.39. The van der Waals surface area contributed by atoms with E-state index in [1.807, 2.05) is 85.5 Å². The van der Waals surface area contributed by atoms with Crippen LogP contribution in [0.25, 0.3) is 0 Å². The third kappa shape index (κ3) is 18.5. The predicted molar refractivity (Wildman–Crippen MR) is 208 cm³/mol. The summed E-state index contributed by atoms with van der Waals surface area (Å²) in [6.07, 6.45) is 21.5. The molecule has 8 heterocycles. The van der Waals surface area contributed by atoms with Crippen molar-refractivity contribution in [2.45, 2.75) is 58.8 Å². The number of ether oxygens (including phenoxy) is 1. The fourth-order valence-electron chi connectivity index (χ4n) is 5.57. The zero-order valence-electron chi connectivity index (χ0n) is 30.2. The first kappa shape index (κ1) is 41.4. The molecule has 0 N–H and O–H groups in total. The van der Waals surface area contributed by atoms with Crippen molar-refractivity contribution in [3.8, 4) is 0 Å². The van der Waals surface area contributed by atoms with E-state index in [1.54, 1.807) is 24.8 Å². The Morgan fingerprint density at radius 1 is 0.592 bits per heavy atom. The highest BCUT2D eigenvalue weighted by Crippen LogP contribution is 2.16. The van der Waals surface area contributed by atoms with Gasteiger partial charge in [0.2, 0.25) is 0 Å². The van der Waals surface area contributed by atoms with Gasteiger partial charge >= 0.3 is 0 Å². The zero-order chi connectivity index (χ0) is 34.1. The fraction of sp³-hybridized carbons (Fsp3) is 0.590. The lowest BCUT2D eigenvalue weighted by molar-refractivity contribution is 0.0503. The number of fused-ring (bicyclic) bond motifs is 2. The summed E-state index contributed by atoms with van der Waals surface area (Å²) in [5.74, 6) is 2.77. The van der Waals surface area contributed by atoms with Gasteiger partial charge in [-0.15, -0.1) is 0 Å². The van der Waals surface area contributed by atoms with Gasteiger partial charge in [0.05, 0.1) is 24.9 Å². The number of hydrogen-bond acceptors (Lipinski definition) is 9. The molecule has 3 aromatic heterocycles. The molecule has 8 rings (SSSR count). The third-order valence-corrected chi connectivity index (χ3v) is 8.38. The molecule has 10 nitrogen and oxygen atoms in total. The Morgan fingerprint density at radius 3 is 1.55 bits per heavy atom. The Labute approximate surface area is 297 Å². The van der Waals surface area contributed by atoms with Crippen LogP contribution in [0.15, 0.2) is 89.6 Å². The normalized spacial score (nSPS) is 17.8. The maximum absolute atomic E-state index is 5.10. The van der Waals surface area contributed by atoms with E-state index < -0.39 is 0 Å². The number of aromatic nitrogens is 3. The summed E-state index contributed by atoms with van der Waals surface area (Å²) < 4.78 is 7.10. The molecule has 0 atom stereocenters. The van der Waals surface area contributed by atoms with Crippen molar-refractivity contribution in [1.82, 2.24) is 29.2 Å². The van der Waals surface area contributed by atoms with E-state index in [-0.39, 0.29) is 7.43 Å². The van der Waals surface area contributed by atoms with Crippen LogP contribution in [0.4, 0.5) is 5.69 Å². The fourth-order valence-corrected chi connectivity index (χ4v) is 5.57.